The predicted molar refractivity (Wildman–Crippen MR) is 105 cm³/mol. The highest BCUT2D eigenvalue weighted by molar-refractivity contribution is 5.95. The summed E-state index contributed by atoms with van der Waals surface area (Å²) in [5, 5.41) is 8.72. The van der Waals surface area contributed by atoms with E-state index in [1.54, 1.807) is 24.5 Å². The lowest BCUT2D eigenvalue weighted by molar-refractivity contribution is 0.0194. The topological polar surface area (TPSA) is 91.5 Å². The normalized spacial score (nSPS) is 17.4. The van der Waals surface area contributed by atoms with E-state index in [1.807, 2.05) is 11.8 Å². The fourth-order valence-electron chi connectivity index (χ4n) is 3.91. The molecule has 1 fully saturated rings. The minimum atomic E-state index is -0.267. The zero-order chi connectivity index (χ0) is 20.1. The van der Waals surface area contributed by atoms with E-state index in [1.165, 1.54) is 9.20 Å². The number of nitrogens with zero attached hydrogens (tertiary/aromatic N) is 6. The van der Waals surface area contributed by atoms with E-state index in [0.29, 0.717) is 23.3 Å². The summed E-state index contributed by atoms with van der Waals surface area (Å²) in [6, 6.07) is 3.45. The first-order chi connectivity index (χ1) is 13.3. The molecule has 9 heteroatoms. The Hall–Kier alpha value is -2.94. The Balaban J connectivity index is 1.68. The minimum Gasteiger partial charge on any atom is -0.331 e. The molecular formula is C19H25N7O2. The number of rotatable bonds is 3. The van der Waals surface area contributed by atoms with Crippen molar-refractivity contribution < 1.29 is 4.79 Å². The fourth-order valence-corrected chi connectivity index (χ4v) is 3.91. The van der Waals surface area contributed by atoms with Gasteiger partial charge in [-0.1, -0.05) is 6.92 Å². The van der Waals surface area contributed by atoms with Crippen LogP contribution >= 0.6 is 0 Å². The van der Waals surface area contributed by atoms with Crippen molar-refractivity contribution >= 4 is 11.4 Å². The highest BCUT2D eigenvalue weighted by atomic mass is 16.2. The lowest BCUT2D eigenvalue weighted by atomic mass is 9.97. The van der Waals surface area contributed by atoms with Crippen molar-refractivity contribution in [3.05, 3.63) is 46.1 Å². The number of hydrogen-bond donors (Lipinski definition) is 1. The Kier molecular flexibility index (Phi) is 4.34. The number of likely N-dealkylation sites (N-methyl/N-ethyl adjacent to an activating group) is 1. The standard InChI is InChI=1S/C19H25N7O2/c1-5-23-9-10-24(19(3,4)12-23)17(28)14-11-20-26(13(14)2)18-21-16(27)15-7-6-8-25(15)22-18/h6-8,11H,5,9-10,12H2,1-4H3,(H,21,22,27). The van der Waals surface area contributed by atoms with E-state index >= 15 is 0 Å². The molecule has 0 spiro atoms. The summed E-state index contributed by atoms with van der Waals surface area (Å²) >= 11 is 0. The molecule has 1 N–H and O–H groups in total. The lowest BCUT2D eigenvalue weighted by Gasteiger charge is -2.47. The van der Waals surface area contributed by atoms with Crippen molar-refractivity contribution in [2.75, 3.05) is 26.2 Å². The molecule has 9 nitrogen and oxygen atoms in total. The van der Waals surface area contributed by atoms with Gasteiger partial charge in [-0.3, -0.25) is 19.5 Å². The zero-order valence-corrected chi connectivity index (χ0v) is 16.6. The molecule has 1 saturated heterocycles. The third-order valence-corrected chi connectivity index (χ3v) is 5.50. The van der Waals surface area contributed by atoms with Gasteiger partial charge in [-0.15, -0.1) is 5.10 Å². The number of piperazine rings is 1. The van der Waals surface area contributed by atoms with E-state index in [2.05, 4.69) is 40.9 Å². The molecule has 28 heavy (non-hydrogen) atoms. The number of fused-ring (bicyclic) bond motifs is 1. The lowest BCUT2D eigenvalue weighted by Crippen LogP contribution is -2.60. The molecule has 0 aromatic carbocycles. The Morgan fingerprint density at radius 3 is 2.82 bits per heavy atom. The van der Waals surface area contributed by atoms with Crippen molar-refractivity contribution in [3.63, 3.8) is 0 Å². The van der Waals surface area contributed by atoms with Crippen LogP contribution in [0.2, 0.25) is 0 Å². The van der Waals surface area contributed by atoms with E-state index in [4.69, 9.17) is 0 Å². The average molecular weight is 383 g/mol. The van der Waals surface area contributed by atoms with Gasteiger partial charge in [0.1, 0.15) is 5.52 Å². The van der Waals surface area contributed by atoms with Crippen LogP contribution in [0.5, 0.6) is 0 Å². The van der Waals surface area contributed by atoms with Crippen molar-refractivity contribution in [1.82, 2.24) is 34.2 Å². The second kappa shape index (κ2) is 6.59. The Labute approximate surface area is 162 Å². The Morgan fingerprint density at radius 2 is 2.11 bits per heavy atom. The van der Waals surface area contributed by atoms with Crippen LogP contribution in [0.1, 0.15) is 36.8 Å². The molecule has 148 valence electrons. The first-order valence-electron chi connectivity index (χ1n) is 9.49. The van der Waals surface area contributed by atoms with Crippen LogP contribution < -0.4 is 5.56 Å². The molecule has 4 rings (SSSR count). The summed E-state index contributed by atoms with van der Waals surface area (Å²) < 4.78 is 3.01. The van der Waals surface area contributed by atoms with E-state index < -0.39 is 0 Å². The van der Waals surface area contributed by atoms with Crippen LogP contribution in [0.15, 0.2) is 29.3 Å². The number of carbonyl (C=O) groups is 1. The van der Waals surface area contributed by atoms with E-state index in [-0.39, 0.29) is 23.0 Å². The molecule has 3 aromatic rings. The smallest absolute Gasteiger partial charge is 0.276 e. The first kappa shape index (κ1) is 18.4. The third-order valence-electron chi connectivity index (χ3n) is 5.50. The third kappa shape index (κ3) is 2.91. The second-order valence-electron chi connectivity index (χ2n) is 7.81. The van der Waals surface area contributed by atoms with Crippen LogP contribution in [-0.4, -0.2) is 71.8 Å². The molecule has 3 aromatic heterocycles. The number of carbonyl (C=O) groups excluding carboxylic acids is 1. The second-order valence-corrected chi connectivity index (χ2v) is 7.81. The number of aromatic amines is 1. The minimum absolute atomic E-state index is 0.0473. The monoisotopic (exact) mass is 383 g/mol. The quantitative estimate of drug-likeness (QED) is 0.731. The average Bonchev–Trinajstić information content (AvgIpc) is 3.27. The molecule has 0 radical (unpaired) electrons. The molecule has 4 heterocycles. The molecule has 0 saturated carbocycles. The molecule has 1 aliphatic heterocycles. The number of H-pyrrole nitrogens is 1. The molecule has 0 atom stereocenters. The number of aromatic nitrogens is 5. The van der Waals surface area contributed by atoms with Gasteiger partial charge in [-0.2, -0.15) is 5.10 Å². The van der Waals surface area contributed by atoms with Crippen LogP contribution in [0.3, 0.4) is 0 Å². The van der Waals surface area contributed by atoms with Crippen LogP contribution in [-0.2, 0) is 0 Å². The van der Waals surface area contributed by atoms with Crippen LogP contribution in [0.25, 0.3) is 11.5 Å². The summed E-state index contributed by atoms with van der Waals surface area (Å²) in [5.41, 5.74) is 1.10. The van der Waals surface area contributed by atoms with Gasteiger partial charge < -0.3 is 4.90 Å². The summed E-state index contributed by atoms with van der Waals surface area (Å²) in [6.45, 7) is 11.5. The van der Waals surface area contributed by atoms with Gasteiger partial charge in [-0.05, 0) is 39.4 Å². The highest BCUT2D eigenvalue weighted by Gasteiger charge is 2.37. The maximum Gasteiger partial charge on any atom is 0.276 e. The van der Waals surface area contributed by atoms with Gasteiger partial charge in [0.05, 0.1) is 23.0 Å². The summed E-state index contributed by atoms with van der Waals surface area (Å²) in [6.07, 6.45) is 3.26. The van der Waals surface area contributed by atoms with Crippen molar-refractivity contribution in [1.29, 1.82) is 0 Å². The Morgan fingerprint density at radius 1 is 1.32 bits per heavy atom. The largest absolute Gasteiger partial charge is 0.331 e. The molecule has 0 aliphatic carbocycles. The van der Waals surface area contributed by atoms with Gasteiger partial charge in [0.15, 0.2) is 0 Å². The van der Waals surface area contributed by atoms with E-state index in [0.717, 1.165) is 19.6 Å². The molecule has 1 amide bonds. The maximum absolute atomic E-state index is 13.3. The van der Waals surface area contributed by atoms with Gasteiger partial charge in [0.2, 0.25) is 5.95 Å². The first-order valence-corrected chi connectivity index (χ1v) is 9.49. The highest BCUT2D eigenvalue weighted by Crippen LogP contribution is 2.24. The van der Waals surface area contributed by atoms with Gasteiger partial charge in [0.25, 0.3) is 11.5 Å². The zero-order valence-electron chi connectivity index (χ0n) is 16.6. The van der Waals surface area contributed by atoms with Crippen LogP contribution in [0, 0.1) is 6.92 Å². The predicted octanol–water partition coefficient (Wildman–Crippen LogP) is 1.07. The van der Waals surface area contributed by atoms with Crippen molar-refractivity contribution in [2.24, 2.45) is 0 Å². The van der Waals surface area contributed by atoms with E-state index in [9.17, 15) is 9.59 Å². The molecule has 1 aliphatic rings. The van der Waals surface area contributed by atoms with Crippen LogP contribution in [0.4, 0.5) is 0 Å². The number of nitrogens with one attached hydrogen (secondary N) is 1. The molecule has 0 unspecified atom stereocenters. The molecule has 0 bridgehead atoms. The number of hydrogen-bond acceptors (Lipinski definition) is 5. The van der Waals surface area contributed by atoms with Gasteiger partial charge in [0, 0.05) is 25.8 Å². The SMILES string of the molecule is CCN1CCN(C(=O)c2cnn(-c3nn4cccc4c(=O)[nH]3)c2C)C(C)(C)C1. The number of amides is 1. The summed E-state index contributed by atoms with van der Waals surface area (Å²) in [7, 11) is 0. The maximum atomic E-state index is 13.3. The summed E-state index contributed by atoms with van der Waals surface area (Å²) in [5.74, 6) is 0.231. The fraction of sp³-hybridized carbons (Fsp3) is 0.474. The van der Waals surface area contributed by atoms with Gasteiger partial charge >= 0.3 is 0 Å². The van der Waals surface area contributed by atoms with Crippen molar-refractivity contribution in [2.45, 2.75) is 33.2 Å². The Bertz CT molecular complexity index is 1090. The summed E-state index contributed by atoms with van der Waals surface area (Å²) in [4.78, 5) is 32.5. The van der Waals surface area contributed by atoms with Crippen molar-refractivity contribution in [3.8, 4) is 5.95 Å². The molecular weight excluding hydrogens is 358 g/mol. The van der Waals surface area contributed by atoms with Gasteiger partial charge in [-0.25, -0.2) is 9.20 Å².